The highest BCUT2D eigenvalue weighted by molar-refractivity contribution is 6.00. The molecule has 2 aliphatic heterocycles. The molecule has 0 saturated carbocycles. The van der Waals surface area contributed by atoms with Crippen LogP contribution >= 0.6 is 0 Å². The van der Waals surface area contributed by atoms with E-state index in [0.29, 0.717) is 37.1 Å². The maximum absolute atomic E-state index is 15.5. The van der Waals surface area contributed by atoms with Crippen molar-refractivity contribution in [3.8, 4) is 0 Å². The van der Waals surface area contributed by atoms with Crippen LogP contribution < -0.4 is 21.3 Å². The topological polar surface area (TPSA) is 308 Å². The summed E-state index contributed by atoms with van der Waals surface area (Å²) in [5.41, 5.74) is 2.00. The molecule has 0 aromatic heterocycles. The maximum Gasteiger partial charge on any atom is 0.248 e. The third kappa shape index (κ3) is 23.1. The second kappa shape index (κ2) is 38.7. The van der Waals surface area contributed by atoms with Gasteiger partial charge in [0.05, 0.1) is 32.3 Å². The number of hydrogen-bond donors (Lipinski definition) is 5. The molecule has 12 amide bonds. The highest BCUT2D eigenvalue weighted by Gasteiger charge is 2.43. The number of benzene rings is 3. The summed E-state index contributed by atoms with van der Waals surface area (Å²) in [6, 6.07) is 13.0. The van der Waals surface area contributed by atoms with Gasteiger partial charge < -0.3 is 70.3 Å². The van der Waals surface area contributed by atoms with Crippen molar-refractivity contribution in [2.75, 3.05) is 75.6 Å². The highest BCUT2D eigenvalue weighted by atomic mass is 16.5. The second-order valence-electron chi connectivity index (χ2n) is 28.2. The van der Waals surface area contributed by atoms with Crippen LogP contribution in [0.1, 0.15) is 124 Å². The van der Waals surface area contributed by atoms with Crippen molar-refractivity contribution in [2.24, 2.45) is 17.8 Å². The SMILES string of the molecule is CC(C)C[C@@H]1NC(=O)[C@H](C)N(C)C(=O)C[C@@H](C(=O)N2CCCCC2)NC(=O)[C@H](CC(C)C)N(C)C(=O)CN(C)C(=O)[C@H]([C@@H](C)O)NC(=O)[C@H](C)N(C)C(=O)[C@H](Cc2ccccc2)N(C)C(=O)[C@H](COCc2ccccc2)NC(=O)[C@H](Cc2ccccc2)N(C)C(=O)[C@H](CC(C)C)N(C)C1=O. The van der Waals surface area contributed by atoms with Crippen molar-refractivity contribution in [1.29, 1.82) is 0 Å². The van der Waals surface area contributed by atoms with Gasteiger partial charge in [0.1, 0.15) is 60.4 Å². The minimum atomic E-state index is -1.68. The Balaban J connectivity index is 1.67. The van der Waals surface area contributed by atoms with Gasteiger partial charge in [-0.05, 0) is 93.7 Å². The molecule has 0 radical (unpaired) electrons. The van der Waals surface area contributed by atoms with E-state index in [2.05, 4.69) is 21.3 Å². The zero-order chi connectivity index (χ0) is 74.4. The molecule has 0 unspecified atom stereocenters. The number of aliphatic hydroxyl groups is 1. The summed E-state index contributed by atoms with van der Waals surface area (Å²) in [5.74, 6) is -9.57. The molecule has 26 nitrogen and oxygen atoms in total. The number of likely N-dealkylation sites (tertiary alicyclic amines) is 1. The van der Waals surface area contributed by atoms with Crippen LogP contribution in [0.5, 0.6) is 0 Å². The van der Waals surface area contributed by atoms with E-state index in [1.165, 1.54) is 79.9 Å². The number of rotatable bonds is 16. The van der Waals surface area contributed by atoms with E-state index in [9.17, 15) is 38.7 Å². The first kappa shape index (κ1) is 81.9. The first-order chi connectivity index (χ1) is 47.1. The number of nitrogens with zero attached hydrogens (tertiary/aromatic N) is 8. The van der Waals surface area contributed by atoms with Crippen LogP contribution in [0.3, 0.4) is 0 Å². The summed E-state index contributed by atoms with van der Waals surface area (Å²) in [7, 11) is 9.60. The van der Waals surface area contributed by atoms with Crippen molar-refractivity contribution in [3.05, 3.63) is 108 Å². The molecule has 11 atom stereocenters. The zero-order valence-electron chi connectivity index (χ0n) is 61.5. The fourth-order valence-electron chi connectivity index (χ4n) is 12.3. The van der Waals surface area contributed by atoms with E-state index < -0.39 is 157 Å². The van der Waals surface area contributed by atoms with Crippen LogP contribution in [0, 0.1) is 17.8 Å². The van der Waals surface area contributed by atoms with Crippen LogP contribution in [0.25, 0.3) is 0 Å². The van der Waals surface area contributed by atoms with Gasteiger partial charge in [0, 0.05) is 75.3 Å². The van der Waals surface area contributed by atoms with E-state index in [4.69, 9.17) is 4.74 Å². The summed E-state index contributed by atoms with van der Waals surface area (Å²) < 4.78 is 6.21. The van der Waals surface area contributed by atoms with Gasteiger partial charge in [0.15, 0.2) is 0 Å². The lowest BCUT2D eigenvalue weighted by Crippen LogP contribution is -2.62. The molecule has 100 heavy (non-hydrogen) atoms. The predicted octanol–water partition coefficient (Wildman–Crippen LogP) is 3.02. The Morgan fingerprint density at radius 3 is 1.43 bits per heavy atom. The summed E-state index contributed by atoms with van der Waals surface area (Å²) in [6.45, 7) is 14.8. The third-order valence-corrected chi connectivity index (χ3v) is 18.9. The minimum Gasteiger partial charge on any atom is -0.391 e. The standard InChI is InChI=1S/C74H110N12O14/c1-46(2)37-55-69(94)84(15)60(39-48(5)6)73(98)83(14)59(40-52-29-21-17-22-30-52)68(93)77-57(45-100-44-54-33-25-19-26-34-54)70(95)85(16)61(41-53-31-23-18-24-32-53)72(97)81(12)50(8)66(91)78-64(51(9)87)74(99)79(10)43-63(89)82(13)58(38-47(3)4)67(92)76-56(71(96)86-35-27-20-28-36-86)42-62(88)80(11)49(7)65(90)75-55/h17-19,21-26,29-34,46-51,55-61,64,87H,20,27-28,35-45H2,1-16H3,(H,75,90)(H,76,92)(H,77,93)(H,78,91)/t49-,50-,51+,55-,56-,57-,58-,59-,60-,61-,64-/m0/s1. The fraction of sp³-hybridized carbons (Fsp3) is 0.595. The molecule has 26 heteroatoms. The van der Waals surface area contributed by atoms with E-state index in [0.717, 1.165) is 36.5 Å². The Morgan fingerprint density at radius 2 is 0.900 bits per heavy atom. The van der Waals surface area contributed by atoms with Gasteiger partial charge in [-0.25, -0.2) is 0 Å². The Bertz CT molecular complexity index is 3260. The summed E-state index contributed by atoms with van der Waals surface area (Å²) >= 11 is 0. The average Bonchev–Trinajstić information content (AvgIpc) is 0.819. The first-order valence-electron chi connectivity index (χ1n) is 34.9. The van der Waals surface area contributed by atoms with Crippen molar-refractivity contribution in [3.63, 3.8) is 0 Å². The zero-order valence-corrected chi connectivity index (χ0v) is 61.5. The number of amides is 12. The molecule has 3 aromatic carbocycles. The van der Waals surface area contributed by atoms with Gasteiger partial charge in [0.2, 0.25) is 70.9 Å². The van der Waals surface area contributed by atoms with Crippen molar-refractivity contribution < 1.29 is 67.4 Å². The van der Waals surface area contributed by atoms with Gasteiger partial charge >= 0.3 is 0 Å². The van der Waals surface area contributed by atoms with E-state index in [-0.39, 0.29) is 56.5 Å². The first-order valence-corrected chi connectivity index (χ1v) is 34.9. The Hall–Kier alpha value is -8.78. The van der Waals surface area contributed by atoms with Crippen LogP contribution in [-0.2, 0) is 81.7 Å². The quantitative estimate of drug-likeness (QED) is 0.138. The summed E-state index contributed by atoms with van der Waals surface area (Å²) in [5, 5.41) is 22.2. The second-order valence-corrected chi connectivity index (χ2v) is 28.2. The van der Waals surface area contributed by atoms with Crippen molar-refractivity contribution >= 4 is 70.9 Å². The monoisotopic (exact) mass is 1390 g/mol. The molecule has 2 heterocycles. The van der Waals surface area contributed by atoms with Crippen LogP contribution in [0.15, 0.2) is 91.0 Å². The molecule has 0 spiro atoms. The third-order valence-electron chi connectivity index (χ3n) is 18.9. The number of nitrogens with one attached hydrogen (secondary N) is 4. The van der Waals surface area contributed by atoms with Gasteiger partial charge in [-0.3, -0.25) is 57.5 Å². The molecule has 5 N–H and O–H groups in total. The lowest BCUT2D eigenvalue weighted by atomic mass is 9.97. The van der Waals surface area contributed by atoms with Crippen LogP contribution in [0.4, 0.5) is 0 Å². The smallest absolute Gasteiger partial charge is 0.248 e. The number of likely N-dealkylation sites (N-methyl/N-ethyl adjacent to an activating group) is 7. The molecular weight excluding hydrogens is 1280 g/mol. The molecule has 3 aromatic rings. The lowest BCUT2D eigenvalue weighted by Gasteiger charge is -2.38. The number of carbonyl (C=O) groups is 12. The summed E-state index contributed by atoms with van der Waals surface area (Å²) in [4.78, 5) is 188. The van der Waals surface area contributed by atoms with E-state index in [1.54, 1.807) is 65.6 Å². The minimum absolute atomic E-state index is 0.000846. The molecule has 0 bridgehead atoms. The van der Waals surface area contributed by atoms with E-state index >= 15 is 24.0 Å². The number of carbonyl (C=O) groups excluding carboxylic acids is 12. The molecular formula is C74H110N12O14. The van der Waals surface area contributed by atoms with E-state index in [1.807, 2.05) is 71.9 Å². The maximum atomic E-state index is 15.5. The Morgan fingerprint density at radius 1 is 0.460 bits per heavy atom. The Labute approximate surface area is 590 Å². The number of hydrogen-bond acceptors (Lipinski definition) is 14. The summed E-state index contributed by atoms with van der Waals surface area (Å²) in [6.07, 6.45) is 0.129. The molecule has 5 rings (SSSR count). The lowest BCUT2D eigenvalue weighted by molar-refractivity contribution is -0.151. The molecule has 2 fully saturated rings. The highest BCUT2D eigenvalue weighted by Crippen LogP contribution is 2.23. The molecule has 2 saturated heterocycles. The normalized spacial score (nSPS) is 24.9. The number of aliphatic hydroxyl groups excluding tert-OH is 1. The average molecular weight is 1390 g/mol. The van der Waals surface area contributed by atoms with Crippen molar-refractivity contribution in [1.82, 2.24) is 60.5 Å². The van der Waals surface area contributed by atoms with Gasteiger partial charge in [-0.1, -0.05) is 133 Å². The van der Waals surface area contributed by atoms with Gasteiger partial charge in [-0.2, -0.15) is 0 Å². The number of piperidine rings is 1. The molecule has 0 aliphatic carbocycles. The largest absolute Gasteiger partial charge is 0.391 e. The molecule has 550 valence electrons. The van der Waals surface area contributed by atoms with Gasteiger partial charge in [-0.15, -0.1) is 0 Å². The van der Waals surface area contributed by atoms with Crippen LogP contribution in [-0.4, -0.2) is 257 Å². The number of ether oxygens (including phenoxy) is 1. The fourth-order valence-corrected chi connectivity index (χ4v) is 12.3. The molecule has 2 aliphatic rings. The Kier molecular flexibility index (Phi) is 31.7. The van der Waals surface area contributed by atoms with Crippen molar-refractivity contribution in [2.45, 2.75) is 193 Å². The van der Waals surface area contributed by atoms with Gasteiger partial charge in [0.25, 0.3) is 0 Å². The predicted molar refractivity (Wildman–Crippen MR) is 378 cm³/mol. The van der Waals surface area contributed by atoms with Crippen LogP contribution in [0.2, 0.25) is 0 Å².